The van der Waals surface area contributed by atoms with Gasteiger partial charge in [-0.15, -0.1) is 0 Å². The highest BCUT2D eigenvalue weighted by Crippen LogP contribution is 2.13. The smallest absolute Gasteiger partial charge is 0.144 e. The largest absolute Gasteiger partial charge is 0.378 e. The molecule has 2 heterocycles. The van der Waals surface area contributed by atoms with Crippen molar-refractivity contribution >= 4 is 16.9 Å². The monoisotopic (exact) mass is 284 g/mol. The summed E-state index contributed by atoms with van der Waals surface area (Å²) < 4.78 is 5.10. The Hall–Kier alpha value is -2.51. The van der Waals surface area contributed by atoms with E-state index in [0.717, 1.165) is 22.6 Å². The average molecular weight is 284 g/mol. The van der Waals surface area contributed by atoms with Gasteiger partial charge < -0.3 is 15.1 Å². The summed E-state index contributed by atoms with van der Waals surface area (Å²) in [4.78, 5) is 16.6. The van der Waals surface area contributed by atoms with Gasteiger partial charge >= 0.3 is 0 Å². The number of imidazole rings is 1. The van der Waals surface area contributed by atoms with Gasteiger partial charge in [0.15, 0.2) is 0 Å². The van der Waals surface area contributed by atoms with E-state index >= 15 is 0 Å². The molecule has 0 aliphatic heterocycles. The first-order valence-electron chi connectivity index (χ1n) is 6.54. The minimum absolute atomic E-state index is 0.407. The van der Waals surface area contributed by atoms with Gasteiger partial charge in [0.1, 0.15) is 17.5 Å². The Morgan fingerprint density at radius 1 is 1.24 bits per heavy atom. The highest BCUT2D eigenvalue weighted by Gasteiger charge is 2.08. The lowest BCUT2D eigenvalue weighted by Gasteiger charge is -2.06. The number of nitrogens with one attached hydrogen (secondary N) is 2. The molecule has 7 heteroatoms. The van der Waals surface area contributed by atoms with Gasteiger partial charge in [0.05, 0.1) is 29.8 Å². The summed E-state index contributed by atoms with van der Waals surface area (Å²) in [6, 6.07) is 9.63. The number of fused-ring (bicyclic) bond motifs is 1. The molecule has 0 saturated heterocycles. The molecule has 7 nitrogen and oxygen atoms in total. The summed E-state index contributed by atoms with van der Waals surface area (Å²) in [5, 5.41) is 0. The summed E-state index contributed by atoms with van der Waals surface area (Å²) in [5.74, 6) is 7.44. The molecule has 0 aliphatic carbocycles. The van der Waals surface area contributed by atoms with Gasteiger partial charge in [-0.2, -0.15) is 0 Å². The van der Waals surface area contributed by atoms with Crippen molar-refractivity contribution in [1.29, 1.82) is 0 Å². The topological polar surface area (TPSA) is 102 Å². The van der Waals surface area contributed by atoms with Crippen LogP contribution >= 0.6 is 0 Å². The van der Waals surface area contributed by atoms with Crippen LogP contribution in [-0.2, 0) is 17.8 Å². The van der Waals surface area contributed by atoms with E-state index in [4.69, 9.17) is 10.6 Å². The lowest BCUT2D eigenvalue weighted by atomic mass is 10.3. The molecule has 0 amide bonds. The number of H-pyrrole nitrogens is 1. The van der Waals surface area contributed by atoms with Crippen LogP contribution in [0.4, 0.5) is 5.82 Å². The number of aromatic nitrogens is 4. The number of nitrogen functional groups attached to an aromatic ring is 1. The maximum Gasteiger partial charge on any atom is 0.144 e. The molecule has 0 aliphatic rings. The van der Waals surface area contributed by atoms with E-state index in [0.29, 0.717) is 24.7 Å². The quantitative estimate of drug-likeness (QED) is 0.483. The molecule has 1 aromatic carbocycles. The summed E-state index contributed by atoms with van der Waals surface area (Å²) >= 11 is 0. The highest BCUT2D eigenvalue weighted by molar-refractivity contribution is 5.74. The SMILES string of the molecule is COCc1cc(NN)nc(Cc2nc3ccccc3[nH]2)n1. The van der Waals surface area contributed by atoms with E-state index in [2.05, 4.69) is 25.4 Å². The zero-order valence-corrected chi connectivity index (χ0v) is 11.6. The lowest BCUT2D eigenvalue weighted by molar-refractivity contribution is 0.181. The Bertz CT molecular complexity index is 721. The van der Waals surface area contributed by atoms with Crippen LogP contribution in [0.2, 0.25) is 0 Å². The van der Waals surface area contributed by atoms with Crippen LogP contribution in [0.1, 0.15) is 17.3 Å². The molecule has 0 unspecified atom stereocenters. The zero-order valence-electron chi connectivity index (χ0n) is 11.6. The number of anilines is 1. The maximum atomic E-state index is 5.43. The standard InChI is InChI=1S/C14H16N6O/c1-21-8-9-6-14(20-15)19-12(16-9)7-13-17-10-4-2-3-5-11(10)18-13/h2-6H,7-8,15H2,1H3,(H,17,18)(H,16,19,20). The van der Waals surface area contributed by atoms with Crippen molar-refractivity contribution < 1.29 is 4.74 Å². The van der Waals surface area contributed by atoms with Crippen molar-refractivity contribution in [2.45, 2.75) is 13.0 Å². The van der Waals surface area contributed by atoms with Gasteiger partial charge in [0.2, 0.25) is 0 Å². The van der Waals surface area contributed by atoms with Crippen LogP contribution in [0.25, 0.3) is 11.0 Å². The number of ether oxygens (including phenoxy) is 1. The zero-order chi connectivity index (χ0) is 14.7. The van der Waals surface area contributed by atoms with Crippen molar-refractivity contribution in [3.05, 3.63) is 47.7 Å². The van der Waals surface area contributed by atoms with E-state index < -0.39 is 0 Å². The minimum atomic E-state index is 0.407. The Morgan fingerprint density at radius 2 is 2.10 bits per heavy atom. The van der Waals surface area contributed by atoms with Crippen molar-refractivity contribution in [3.8, 4) is 0 Å². The van der Waals surface area contributed by atoms with E-state index in [9.17, 15) is 0 Å². The molecule has 0 fully saturated rings. The van der Waals surface area contributed by atoms with Gasteiger partial charge in [-0.05, 0) is 12.1 Å². The molecule has 108 valence electrons. The van der Waals surface area contributed by atoms with Crippen LogP contribution in [-0.4, -0.2) is 27.0 Å². The van der Waals surface area contributed by atoms with E-state index in [1.165, 1.54) is 0 Å². The normalized spacial score (nSPS) is 11.0. The number of para-hydroxylation sites is 2. The molecular weight excluding hydrogens is 268 g/mol. The molecule has 3 rings (SSSR count). The Kier molecular flexibility index (Phi) is 3.76. The number of hydrogen-bond donors (Lipinski definition) is 3. The molecular formula is C14H16N6O. The van der Waals surface area contributed by atoms with Crippen molar-refractivity contribution in [3.63, 3.8) is 0 Å². The summed E-state index contributed by atoms with van der Waals surface area (Å²) in [6.45, 7) is 0.407. The number of hydrogen-bond acceptors (Lipinski definition) is 6. The molecule has 0 saturated carbocycles. The molecule has 3 aromatic rings. The van der Waals surface area contributed by atoms with Gasteiger partial charge in [0, 0.05) is 13.2 Å². The Balaban J connectivity index is 1.90. The van der Waals surface area contributed by atoms with Gasteiger partial charge in [-0.3, -0.25) is 0 Å². The summed E-state index contributed by atoms with van der Waals surface area (Å²) in [6.07, 6.45) is 0.501. The van der Waals surface area contributed by atoms with Gasteiger partial charge in [-0.25, -0.2) is 20.8 Å². The van der Waals surface area contributed by atoms with Crippen LogP contribution in [0, 0.1) is 0 Å². The van der Waals surface area contributed by atoms with Crippen LogP contribution in [0.3, 0.4) is 0 Å². The van der Waals surface area contributed by atoms with Gasteiger partial charge in [-0.1, -0.05) is 12.1 Å². The predicted octanol–water partition coefficient (Wildman–Crippen LogP) is 1.38. The first-order chi connectivity index (χ1) is 10.3. The van der Waals surface area contributed by atoms with Crippen LogP contribution < -0.4 is 11.3 Å². The second-order valence-electron chi connectivity index (χ2n) is 4.62. The number of methoxy groups -OCH3 is 1. The molecule has 2 aromatic heterocycles. The first-order valence-corrected chi connectivity index (χ1v) is 6.54. The summed E-state index contributed by atoms with van der Waals surface area (Å²) in [5.41, 5.74) is 5.24. The van der Waals surface area contributed by atoms with Crippen molar-refractivity contribution in [2.75, 3.05) is 12.5 Å². The third-order valence-corrected chi connectivity index (χ3v) is 3.03. The molecule has 4 N–H and O–H groups in total. The number of nitrogens with two attached hydrogens (primary N) is 1. The molecule has 0 bridgehead atoms. The maximum absolute atomic E-state index is 5.43. The molecule has 0 atom stereocenters. The number of rotatable bonds is 5. The molecule has 21 heavy (non-hydrogen) atoms. The fourth-order valence-corrected chi connectivity index (χ4v) is 2.17. The third kappa shape index (κ3) is 2.99. The van der Waals surface area contributed by atoms with Crippen LogP contribution in [0.15, 0.2) is 30.3 Å². The van der Waals surface area contributed by atoms with Crippen molar-refractivity contribution in [2.24, 2.45) is 5.84 Å². The third-order valence-electron chi connectivity index (χ3n) is 3.03. The average Bonchev–Trinajstić information content (AvgIpc) is 2.89. The van der Waals surface area contributed by atoms with E-state index in [-0.39, 0.29) is 0 Å². The number of benzene rings is 1. The van der Waals surface area contributed by atoms with E-state index in [1.54, 1.807) is 13.2 Å². The van der Waals surface area contributed by atoms with Crippen LogP contribution in [0.5, 0.6) is 0 Å². The fourth-order valence-electron chi connectivity index (χ4n) is 2.17. The minimum Gasteiger partial charge on any atom is -0.378 e. The highest BCUT2D eigenvalue weighted by atomic mass is 16.5. The second kappa shape index (κ2) is 5.86. The predicted molar refractivity (Wildman–Crippen MR) is 79.5 cm³/mol. The molecule has 0 radical (unpaired) electrons. The number of hydrazine groups is 1. The lowest BCUT2D eigenvalue weighted by Crippen LogP contribution is -2.12. The van der Waals surface area contributed by atoms with Crippen molar-refractivity contribution in [1.82, 2.24) is 19.9 Å². The Labute approximate surface area is 121 Å². The Morgan fingerprint density at radius 3 is 2.86 bits per heavy atom. The summed E-state index contributed by atoms with van der Waals surface area (Å²) in [7, 11) is 1.62. The van der Waals surface area contributed by atoms with E-state index in [1.807, 2.05) is 24.3 Å². The number of aromatic amines is 1. The first kappa shape index (κ1) is 13.5. The van der Waals surface area contributed by atoms with Gasteiger partial charge in [0.25, 0.3) is 0 Å². The second-order valence-corrected chi connectivity index (χ2v) is 4.62. The number of nitrogens with zero attached hydrogens (tertiary/aromatic N) is 3. The molecule has 0 spiro atoms. The fraction of sp³-hybridized carbons (Fsp3) is 0.214.